The minimum atomic E-state index is -0.572. The third-order valence-corrected chi connectivity index (χ3v) is 5.51. The van der Waals surface area contributed by atoms with Crippen LogP contribution in [0.2, 0.25) is 5.02 Å². The van der Waals surface area contributed by atoms with Crippen molar-refractivity contribution in [3.05, 3.63) is 58.4 Å². The van der Waals surface area contributed by atoms with Gasteiger partial charge >= 0.3 is 0 Å². The lowest BCUT2D eigenvalue weighted by Crippen LogP contribution is -2.46. The molecule has 8 nitrogen and oxygen atoms in total. The molecular weight excluding hydrogens is 400 g/mol. The maximum Gasteiger partial charge on any atom is 0.296 e. The molecule has 4 rings (SSSR count). The standard InChI is InChI=1S/C21H20ClN8/c1-4-10-24-21(2)16-12-14(22)5-7-18(16)30(11-9-20-26-28-29-27-20)19-8-6-15(25-23-3)13-17(19)21/h1,5-8,12-13,24H,3,9-11H2,2H3,(H,26,27,28,29)/q+1. The molecule has 1 unspecified atom stereocenters. The van der Waals surface area contributed by atoms with Crippen molar-refractivity contribution >= 4 is 35.4 Å². The smallest absolute Gasteiger partial charge is 0.296 e. The minimum Gasteiger partial charge on any atom is -0.340 e. The largest absolute Gasteiger partial charge is 0.340 e. The number of aromatic nitrogens is 4. The van der Waals surface area contributed by atoms with E-state index in [0.717, 1.165) is 22.5 Å². The highest BCUT2D eigenvalue weighted by atomic mass is 35.5. The predicted molar refractivity (Wildman–Crippen MR) is 116 cm³/mol. The van der Waals surface area contributed by atoms with Gasteiger partial charge in [0.15, 0.2) is 5.82 Å². The molecule has 0 fully saturated rings. The highest BCUT2D eigenvalue weighted by molar-refractivity contribution is 6.30. The molecule has 1 aromatic heterocycles. The zero-order valence-electron chi connectivity index (χ0n) is 16.4. The fourth-order valence-electron chi connectivity index (χ4n) is 3.88. The number of hydrogen-bond donors (Lipinski definition) is 2. The Labute approximate surface area is 179 Å². The fraction of sp³-hybridized carbons (Fsp3) is 0.238. The van der Waals surface area contributed by atoms with Crippen LogP contribution in [0.3, 0.4) is 0 Å². The highest BCUT2D eigenvalue weighted by Crippen LogP contribution is 2.49. The van der Waals surface area contributed by atoms with Crippen LogP contribution in [0.15, 0.2) is 41.5 Å². The van der Waals surface area contributed by atoms with E-state index in [1.807, 2.05) is 36.4 Å². The van der Waals surface area contributed by atoms with Crippen molar-refractivity contribution in [1.29, 1.82) is 0 Å². The summed E-state index contributed by atoms with van der Waals surface area (Å²) in [7, 11) is 0. The van der Waals surface area contributed by atoms with Gasteiger partial charge < -0.3 is 4.90 Å². The van der Waals surface area contributed by atoms with Gasteiger partial charge in [-0.1, -0.05) is 22.7 Å². The number of H-pyrrole nitrogens is 1. The summed E-state index contributed by atoms with van der Waals surface area (Å²) in [5.74, 6) is 3.32. The number of rotatable bonds is 6. The number of nitrogens with zero attached hydrogens (tertiary/aromatic N) is 6. The average molecular weight is 420 g/mol. The van der Waals surface area contributed by atoms with Crippen molar-refractivity contribution in [3.8, 4) is 12.3 Å². The molecule has 2 N–H and O–H groups in total. The van der Waals surface area contributed by atoms with Crippen molar-refractivity contribution in [2.24, 2.45) is 5.11 Å². The van der Waals surface area contributed by atoms with Gasteiger partial charge in [-0.2, -0.15) is 5.21 Å². The van der Waals surface area contributed by atoms with Gasteiger partial charge in [0.1, 0.15) is 10.8 Å². The molecule has 3 aromatic rings. The summed E-state index contributed by atoms with van der Waals surface area (Å²) in [6.45, 7) is 6.61. The molecule has 9 heteroatoms. The molecule has 0 saturated heterocycles. The molecule has 1 atom stereocenters. The second kappa shape index (κ2) is 8.09. The van der Waals surface area contributed by atoms with Gasteiger partial charge in [-0.15, -0.1) is 16.6 Å². The summed E-state index contributed by atoms with van der Waals surface area (Å²) >= 11 is 6.39. The number of tetrazole rings is 1. The van der Waals surface area contributed by atoms with E-state index in [1.165, 1.54) is 0 Å². The molecule has 0 spiro atoms. The number of nitrogens with one attached hydrogen (secondary N) is 2. The van der Waals surface area contributed by atoms with Gasteiger partial charge in [0, 0.05) is 45.3 Å². The topological polar surface area (TPSA) is 96.2 Å². The second-order valence-corrected chi connectivity index (χ2v) is 7.45. The number of benzene rings is 2. The fourth-order valence-corrected chi connectivity index (χ4v) is 4.05. The van der Waals surface area contributed by atoms with Crippen LogP contribution in [0, 0.1) is 12.3 Å². The number of halogens is 1. The Morgan fingerprint density at radius 2 is 2.07 bits per heavy atom. The highest BCUT2D eigenvalue weighted by Gasteiger charge is 2.40. The van der Waals surface area contributed by atoms with Crippen LogP contribution in [-0.4, -0.2) is 45.2 Å². The average Bonchev–Trinajstić information content (AvgIpc) is 3.27. The van der Waals surface area contributed by atoms with Crippen molar-refractivity contribution in [2.75, 3.05) is 18.0 Å². The Bertz CT molecular complexity index is 1160. The first-order chi connectivity index (χ1) is 14.6. The maximum atomic E-state index is 6.39. The van der Waals surface area contributed by atoms with E-state index in [-0.39, 0.29) is 0 Å². The molecule has 0 radical (unpaired) electrons. The van der Waals surface area contributed by atoms with Gasteiger partial charge in [-0.25, -0.2) is 0 Å². The number of fused-ring (bicyclic) bond motifs is 2. The van der Waals surface area contributed by atoms with E-state index >= 15 is 0 Å². The first kappa shape index (κ1) is 19.8. The molecule has 2 aromatic carbocycles. The van der Waals surface area contributed by atoms with E-state index in [1.54, 1.807) is 0 Å². The summed E-state index contributed by atoms with van der Waals surface area (Å²) in [6, 6.07) is 11.8. The van der Waals surface area contributed by atoms with E-state index < -0.39 is 5.54 Å². The van der Waals surface area contributed by atoms with Crippen molar-refractivity contribution in [2.45, 2.75) is 18.9 Å². The third-order valence-electron chi connectivity index (χ3n) is 5.28. The van der Waals surface area contributed by atoms with Crippen LogP contribution in [0.25, 0.3) is 0 Å². The van der Waals surface area contributed by atoms with Gasteiger partial charge in [-0.3, -0.25) is 5.32 Å². The lowest BCUT2D eigenvalue weighted by Gasteiger charge is -2.44. The molecular formula is C21H20ClN8+. The molecule has 150 valence electrons. The first-order valence-electron chi connectivity index (χ1n) is 9.36. The van der Waals surface area contributed by atoms with Crippen LogP contribution in [0.1, 0.15) is 23.9 Å². The number of hydrogen-bond acceptors (Lipinski definition) is 6. The summed E-state index contributed by atoms with van der Waals surface area (Å²) in [6.07, 6.45) is 6.19. The maximum absolute atomic E-state index is 6.39. The Morgan fingerprint density at radius 1 is 1.30 bits per heavy atom. The molecule has 0 saturated carbocycles. The SMILES string of the molecule is C#CCNC1(C)c2cc(Cl)ccc2N(CCc2nn[nH]n2)c2ccc(N=[N+]=C)cc21. The first-order valence-corrected chi connectivity index (χ1v) is 9.74. The molecule has 0 amide bonds. The van der Waals surface area contributed by atoms with Crippen LogP contribution in [0.4, 0.5) is 17.1 Å². The van der Waals surface area contributed by atoms with E-state index in [2.05, 4.69) is 60.3 Å². The Hall–Kier alpha value is -3.50. The van der Waals surface area contributed by atoms with Gasteiger partial charge in [0.2, 0.25) is 0 Å². The van der Waals surface area contributed by atoms with Crippen LogP contribution < -0.4 is 10.2 Å². The molecule has 0 bridgehead atoms. The van der Waals surface area contributed by atoms with Gasteiger partial charge in [-0.05, 0) is 43.3 Å². The quantitative estimate of drug-likeness (QED) is 0.277. The second-order valence-electron chi connectivity index (χ2n) is 7.02. The van der Waals surface area contributed by atoms with Crippen LogP contribution in [0.5, 0.6) is 0 Å². The van der Waals surface area contributed by atoms with Crippen molar-refractivity contribution < 1.29 is 4.79 Å². The lowest BCUT2D eigenvalue weighted by molar-refractivity contribution is -0.0631. The van der Waals surface area contributed by atoms with E-state index in [0.29, 0.717) is 36.0 Å². The minimum absolute atomic E-state index is 0.395. The van der Waals surface area contributed by atoms with Crippen LogP contribution in [-0.2, 0) is 12.0 Å². The molecule has 1 aliphatic heterocycles. The Kier molecular flexibility index (Phi) is 5.34. The van der Waals surface area contributed by atoms with Crippen LogP contribution >= 0.6 is 11.6 Å². The van der Waals surface area contributed by atoms with E-state index in [4.69, 9.17) is 18.0 Å². The molecule has 30 heavy (non-hydrogen) atoms. The molecule has 2 heterocycles. The molecule has 1 aliphatic rings. The lowest BCUT2D eigenvalue weighted by atomic mass is 9.78. The van der Waals surface area contributed by atoms with Crippen molar-refractivity contribution in [3.63, 3.8) is 0 Å². The van der Waals surface area contributed by atoms with E-state index in [9.17, 15) is 0 Å². The Morgan fingerprint density at radius 3 is 2.77 bits per heavy atom. The van der Waals surface area contributed by atoms with Gasteiger partial charge in [0.25, 0.3) is 6.72 Å². The summed E-state index contributed by atoms with van der Waals surface area (Å²) in [5.41, 5.74) is 4.25. The third kappa shape index (κ3) is 3.46. The summed E-state index contributed by atoms with van der Waals surface area (Å²) in [5, 5.41) is 22.5. The molecule has 0 aliphatic carbocycles. The number of aromatic amines is 1. The summed E-state index contributed by atoms with van der Waals surface area (Å²) < 4.78 is 0. The Balaban J connectivity index is 1.89. The zero-order chi connectivity index (χ0) is 21.1. The van der Waals surface area contributed by atoms with Crippen molar-refractivity contribution in [1.82, 2.24) is 25.9 Å². The monoisotopic (exact) mass is 419 g/mol. The zero-order valence-corrected chi connectivity index (χ0v) is 17.2. The summed E-state index contributed by atoms with van der Waals surface area (Å²) in [4.78, 5) is 5.90. The predicted octanol–water partition coefficient (Wildman–Crippen LogP) is 3.03. The number of anilines is 2. The number of terminal acetylenes is 1. The van der Waals surface area contributed by atoms with Gasteiger partial charge in [0.05, 0.1) is 12.1 Å². The normalized spacial score (nSPS) is 16.9.